The summed E-state index contributed by atoms with van der Waals surface area (Å²) in [4.78, 5) is 26.3. The molecule has 0 spiro atoms. The van der Waals surface area contributed by atoms with Gasteiger partial charge in [-0.2, -0.15) is 0 Å². The summed E-state index contributed by atoms with van der Waals surface area (Å²) in [6.07, 6.45) is 0.887. The third-order valence-corrected chi connectivity index (χ3v) is 4.52. The maximum Gasteiger partial charge on any atom is 0.322 e. The summed E-state index contributed by atoms with van der Waals surface area (Å²) in [6.45, 7) is 5.25. The summed E-state index contributed by atoms with van der Waals surface area (Å²) >= 11 is 0. The van der Waals surface area contributed by atoms with Crippen molar-refractivity contribution in [2.75, 3.05) is 5.32 Å². The van der Waals surface area contributed by atoms with Crippen LogP contribution in [0.5, 0.6) is 0 Å². The van der Waals surface area contributed by atoms with Gasteiger partial charge in [-0.1, -0.05) is 31.2 Å². The van der Waals surface area contributed by atoms with E-state index in [1.807, 2.05) is 38.1 Å². The first-order chi connectivity index (χ1) is 12.1. The zero-order valence-corrected chi connectivity index (χ0v) is 14.6. The molecule has 0 saturated heterocycles. The van der Waals surface area contributed by atoms with Gasteiger partial charge in [0.05, 0.1) is 0 Å². The predicted octanol–water partition coefficient (Wildman–Crippen LogP) is 3.76. The molecule has 1 aliphatic heterocycles. The predicted molar refractivity (Wildman–Crippen MR) is 98.4 cm³/mol. The van der Waals surface area contributed by atoms with E-state index in [0.29, 0.717) is 24.3 Å². The zero-order valence-electron chi connectivity index (χ0n) is 14.6. The van der Waals surface area contributed by atoms with E-state index >= 15 is 0 Å². The normalized spacial score (nSPS) is 13.9. The third-order valence-electron chi connectivity index (χ3n) is 4.52. The summed E-state index contributed by atoms with van der Waals surface area (Å²) in [5.41, 5.74) is 3.65. The molecule has 2 N–H and O–H groups in total. The van der Waals surface area contributed by atoms with Crippen molar-refractivity contribution in [3.05, 3.63) is 65.2 Å². The van der Waals surface area contributed by atoms with Gasteiger partial charge in [-0.25, -0.2) is 4.79 Å². The van der Waals surface area contributed by atoms with Crippen LogP contribution in [-0.2, 0) is 13.1 Å². The van der Waals surface area contributed by atoms with Gasteiger partial charge in [0.1, 0.15) is 0 Å². The molecule has 25 heavy (non-hydrogen) atoms. The van der Waals surface area contributed by atoms with Gasteiger partial charge in [0, 0.05) is 30.4 Å². The molecule has 1 heterocycles. The van der Waals surface area contributed by atoms with E-state index in [4.69, 9.17) is 0 Å². The van der Waals surface area contributed by atoms with Gasteiger partial charge in [0.2, 0.25) is 0 Å². The molecule has 0 saturated carbocycles. The van der Waals surface area contributed by atoms with Crippen LogP contribution < -0.4 is 10.6 Å². The smallest absolute Gasteiger partial charge is 0.322 e. The number of nitrogens with zero attached hydrogens (tertiary/aromatic N) is 1. The average Bonchev–Trinajstić information content (AvgIpc) is 3.06. The minimum atomic E-state index is -0.131. The van der Waals surface area contributed by atoms with Gasteiger partial charge in [-0.15, -0.1) is 0 Å². The second kappa shape index (κ2) is 7.38. The van der Waals surface area contributed by atoms with Crippen LogP contribution in [0.3, 0.4) is 0 Å². The fraction of sp³-hybridized carbons (Fsp3) is 0.300. The molecule has 2 aromatic carbocycles. The number of hydrogen-bond acceptors (Lipinski definition) is 2. The van der Waals surface area contributed by atoms with Crippen LogP contribution in [0.25, 0.3) is 0 Å². The molecule has 130 valence electrons. The van der Waals surface area contributed by atoms with Gasteiger partial charge in [0.25, 0.3) is 5.91 Å². The van der Waals surface area contributed by atoms with Crippen LogP contribution in [0.4, 0.5) is 10.5 Å². The van der Waals surface area contributed by atoms with Crippen molar-refractivity contribution in [1.82, 2.24) is 10.2 Å². The number of benzene rings is 2. The number of hydrogen-bond donors (Lipinski definition) is 2. The van der Waals surface area contributed by atoms with Crippen molar-refractivity contribution in [3.8, 4) is 0 Å². The van der Waals surface area contributed by atoms with Gasteiger partial charge < -0.3 is 15.5 Å². The topological polar surface area (TPSA) is 61.4 Å². The molecule has 5 nitrogen and oxygen atoms in total. The van der Waals surface area contributed by atoms with Crippen molar-refractivity contribution in [1.29, 1.82) is 0 Å². The number of rotatable bonds is 4. The second-order valence-electron chi connectivity index (χ2n) is 6.42. The van der Waals surface area contributed by atoms with E-state index in [9.17, 15) is 9.59 Å². The highest BCUT2D eigenvalue weighted by Gasteiger charge is 2.22. The fourth-order valence-electron chi connectivity index (χ4n) is 2.79. The number of carbonyl (C=O) groups is 2. The third kappa shape index (κ3) is 3.99. The Hall–Kier alpha value is -2.82. The van der Waals surface area contributed by atoms with Crippen molar-refractivity contribution in [3.63, 3.8) is 0 Å². The molecule has 5 heteroatoms. The van der Waals surface area contributed by atoms with E-state index in [1.54, 1.807) is 29.2 Å². The molecule has 3 amide bonds. The summed E-state index contributed by atoms with van der Waals surface area (Å²) < 4.78 is 0. The number of fused-ring (bicyclic) bond motifs is 1. The lowest BCUT2D eigenvalue weighted by atomic mass is 10.1. The number of amides is 3. The van der Waals surface area contributed by atoms with E-state index < -0.39 is 0 Å². The Bertz CT molecular complexity index is 746. The van der Waals surface area contributed by atoms with Gasteiger partial charge >= 0.3 is 6.03 Å². The largest absolute Gasteiger partial charge is 0.350 e. The molecule has 0 radical (unpaired) electrons. The van der Waals surface area contributed by atoms with Crippen molar-refractivity contribution in [2.45, 2.75) is 39.4 Å². The molecule has 2 aromatic rings. The van der Waals surface area contributed by atoms with E-state index in [2.05, 4.69) is 10.6 Å². The molecular formula is C20H23N3O2. The Morgan fingerprint density at radius 2 is 1.64 bits per heavy atom. The monoisotopic (exact) mass is 337 g/mol. The van der Waals surface area contributed by atoms with Crippen LogP contribution in [0.15, 0.2) is 48.5 Å². The van der Waals surface area contributed by atoms with Gasteiger partial charge in [-0.05, 0) is 48.7 Å². The van der Waals surface area contributed by atoms with Crippen molar-refractivity contribution >= 4 is 17.6 Å². The Labute approximate surface area is 148 Å². The highest BCUT2D eigenvalue weighted by atomic mass is 16.2. The lowest BCUT2D eigenvalue weighted by molar-refractivity contribution is 0.0939. The molecule has 1 atom stereocenters. The van der Waals surface area contributed by atoms with Crippen LogP contribution in [0.2, 0.25) is 0 Å². The van der Waals surface area contributed by atoms with E-state index in [-0.39, 0.29) is 18.0 Å². The highest BCUT2D eigenvalue weighted by molar-refractivity contribution is 5.95. The van der Waals surface area contributed by atoms with Gasteiger partial charge in [0.15, 0.2) is 0 Å². The molecule has 0 aromatic heterocycles. The maximum absolute atomic E-state index is 12.4. The summed E-state index contributed by atoms with van der Waals surface area (Å²) in [6, 6.07) is 15.1. The lowest BCUT2D eigenvalue weighted by Crippen LogP contribution is -2.32. The Morgan fingerprint density at radius 1 is 1.04 bits per heavy atom. The molecule has 0 fully saturated rings. The lowest BCUT2D eigenvalue weighted by Gasteiger charge is -2.16. The Kier molecular flexibility index (Phi) is 5.03. The average molecular weight is 337 g/mol. The van der Waals surface area contributed by atoms with Gasteiger partial charge in [-0.3, -0.25) is 4.79 Å². The number of urea groups is 1. The van der Waals surface area contributed by atoms with Crippen LogP contribution in [0, 0.1) is 0 Å². The molecule has 3 rings (SSSR count). The molecule has 0 aliphatic carbocycles. The number of carbonyl (C=O) groups excluding carboxylic acids is 2. The first-order valence-corrected chi connectivity index (χ1v) is 8.60. The molecule has 1 aliphatic rings. The molecular weight excluding hydrogens is 314 g/mol. The second-order valence-corrected chi connectivity index (χ2v) is 6.42. The quantitative estimate of drug-likeness (QED) is 0.892. The molecule has 0 bridgehead atoms. The van der Waals surface area contributed by atoms with E-state index in [1.165, 1.54) is 11.1 Å². The van der Waals surface area contributed by atoms with Crippen molar-refractivity contribution in [2.24, 2.45) is 0 Å². The minimum absolute atomic E-state index is 0.0952. The van der Waals surface area contributed by atoms with Crippen LogP contribution >= 0.6 is 0 Å². The number of nitrogens with one attached hydrogen (secondary N) is 2. The Morgan fingerprint density at radius 3 is 2.20 bits per heavy atom. The summed E-state index contributed by atoms with van der Waals surface area (Å²) in [5.74, 6) is -0.0952. The first-order valence-electron chi connectivity index (χ1n) is 8.60. The van der Waals surface area contributed by atoms with Crippen LogP contribution in [-0.4, -0.2) is 22.9 Å². The SMILES string of the molecule is CC[C@H](C)NC(=O)c1ccc(NC(=O)N2Cc3ccccc3C2)cc1. The zero-order chi connectivity index (χ0) is 17.8. The Balaban J connectivity index is 1.59. The summed E-state index contributed by atoms with van der Waals surface area (Å²) in [5, 5.41) is 5.82. The van der Waals surface area contributed by atoms with Crippen LogP contribution in [0.1, 0.15) is 41.8 Å². The fourth-order valence-corrected chi connectivity index (χ4v) is 2.79. The molecule has 0 unspecified atom stereocenters. The maximum atomic E-state index is 12.4. The number of anilines is 1. The van der Waals surface area contributed by atoms with Crippen molar-refractivity contribution < 1.29 is 9.59 Å². The highest BCUT2D eigenvalue weighted by Crippen LogP contribution is 2.23. The standard InChI is InChI=1S/C20H23N3O2/c1-3-14(2)21-19(24)15-8-10-18(11-9-15)22-20(25)23-12-16-6-4-5-7-17(16)13-23/h4-11,14H,3,12-13H2,1-2H3,(H,21,24)(H,22,25)/t14-/m0/s1. The summed E-state index contributed by atoms with van der Waals surface area (Å²) in [7, 11) is 0. The van der Waals surface area contributed by atoms with E-state index in [0.717, 1.165) is 6.42 Å². The minimum Gasteiger partial charge on any atom is -0.350 e. The first kappa shape index (κ1) is 17.0.